The Labute approximate surface area is 103 Å². The smallest absolute Gasteiger partial charge is 0.123 e. The van der Waals surface area contributed by atoms with Gasteiger partial charge >= 0.3 is 0 Å². The summed E-state index contributed by atoms with van der Waals surface area (Å²) in [5, 5.41) is 0. The zero-order valence-electron chi connectivity index (χ0n) is 10.7. The molecule has 0 saturated heterocycles. The first-order valence-electron chi connectivity index (χ1n) is 6.32. The number of nitrogens with one attached hydrogen (secondary N) is 1. The van der Waals surface area contributed by atoms with Crippen LogP contribution in [0.4, 0.5) is 4.39 Å². The Kier molecular flexibility index (Phi) is 6.16. The van der Waals surface area contributed by atoms with Crippen LogP contribution in [-0.2, 0) is 6.42 Å². The highest BCUT2D eigenvalue weighted by atomic mass is 19.1. The maximum absolute atomic E-state index is 12.8. The molecule has 1 unspecified atom stereocenters. The van der Waals surface area contributed by atoms with E-state index in [9.17, 15) is 4.39 Å². The molecule has 0 spiro atoms. The number of halogens is 1. The van der Waals surface area contributed by atoms with Crippen LogP contribution in [0.1, 0.15) is 38.7 Å². The third-order valence-electron chi connectivity index (χ3n) is 2.97. The molecule has 1 rings (SSSR count). The normalized spacial score (nSPS) is 13.0. The molecule has 96 valence electrons. The average molecular weight is 238 g/mol. The summed E-state index contributed by atoms with van der Waals surface area (Å²) in [5.41, 5.74) is 3.97. The van der Waals surface area contributed by atoms with Gasteiger partial charge in [0, 0.05) is 6.04 Å². The lowest BCUT2D eigenvalue weighted by atomic mass is 9.98. The van der Waals surface area contributed by atoms with Gasteiger partial charge in [-0.15, -0.1) is 0 Å². The van der Waals surface area contributed by atoms with Crippen molar-refractivity contribution in [2.24, 2.45) is 11.8 Å². The second kappa shape index (κ2) is 7.41. The van der Waals surface area contributed by atoms with E-state index in [0.29, 0.717) is 0 Å². The zero-order chi connectivity index (χ0) is 12.7. The number of hydrazine groups is 1. The molecule has 0 amide bonds. The molecule has 3 heteroatoms. The minimum absolute atomic E-state index is 0.189. The Bertz CT molecular complexity index is 309. The molecule has 0 aliphatic carbocycles. The highest BCUT2D eigenvalue weighted by Crippen LogP contribution is 2.12. The van der Waals surface area contributed by atoms with E-state index in [1.807, 2.05) is 12.1 Å². The maximum Gasteiger partial charge on any atom is 0.123 e. The summed E-state index contributed by atoms with van der Waals surface area (Å²) in [4.78, 5) is 0. The van der Waals surface area contributed by atoms with Gasteiger partial charge in [0.15, 0.2) is 0 Å². The third kappa shape index (κ3) is 5.80. The van der Waals surface area contributed by atoms with Crippen molar-refractivity contribution in [2.45, 2.75) is 45.6 Å². The molecule has 0 aliphatic rings. The van der Waals surface area contributed by atoms with Gasteiger partial charge in [-0.2, -0.15) is 0 Å². The van der Waals surface area contributed by atoms with E-state index in [1.54, 1.807) is 0 Å². The van der Waals surface area contributed by atoms with Crippen molar-refractivity contribution in [3.8, 4) is 0 Å². The Morgan fingerprint density at radius 3 is 2.35 bits per heavy atom. The second-order valence-corrected chi connectivity index (χ2v) is 5.02. The largest absolute Gasteiger partial charge is 0.271 e. The number of hydrogen-bond donors (Lipinski definition) is 2. The van der Waals surface area contributed by atoms with Gasteiger partial charge in [0.05, 0.1) is 0 Å². The van der Waals surface area contributed by atoms with Crippen LogP contribution < -0.4 is 11.3 Å². The van der Waals surface area contributed by atoms with Crippen LogP contribution in [-0.4, -0.2) is 6.04 Å². The van der Waals surface area contributed by atoms with Crippen LogP contribution in [0, 0.1) is 11.7 Å². The lowest BCUT2D eigenvalue weighted by Crippen LogP contribution is -2.36. The molecule has 0 saturated carbocycles. The van der Waals surface area contributed by atoms with Gasteiger partial charge in [-0.25, -0.2) is 4.39 Å². The highest BCUT2D eigenvalue weighted by Gasteiger charge is 2.08. The van der Waals surface area contributed by atoms with E-state index in [4.69, 9.17) is 5.84 Å². The van der Waals surface area contributed by atoms with E-state index in [-0.39, 0.29) is 11.9 Å². The molecule has 17 heavy (non-hydrogen) atoms. The number of nitrogens with two attached hydrogens (primary N) is 1. The van der Waals surface area contributed by atoms with Gasteiger partial charge < -0.3 is 0 Å². The fourth-order valence-electron chi connectivity index (χ4n) is 1.92. The molecule has 0 radical (unpaired) electrons. The lowest BCUT2D eigenvalue weighted by molar-refractivity contribution is 0.441. The Morgan fingerprint density at radius 2 is 1.82 bits per heavy atom. The first kappa shape index (κ1) is 14.1. The molecule has 2 nitrogen and oxygen atoms in total. The first-order valence-corrected chi connectivity index (χ1v) is 6.32. The molecule has 0 aliphatic heterocycles. The van der Waals surface area contributed by atoms with Gasteiger partial charge in [-0.05, 0) is 36.5 Å². The van der Waals surface area contributed by atoms with E-state index >= 15 is 0 Å². The van der Waals surface area contributed by atoms with Crippen LogP contribution in [0.15, 0.2) is 24.3 Å². The molecular weight excluding hydrogens is 215 g/mol. The maximum atomic E-state index is 12.8. The van der Waals surface area contributed by atoms with Crippen molar-refractivity contribution in [1.29, 1.82) is 0 Å². The van der Waals surface area contributed by atoms with Crippen LogP contribution in [0.5, 0.6) is 0 Å². The van der Waals surface area contributed by atoms with Crippen molar-refractivity contribution in [1.82, 2.24) is 5.43 Å². The van der Waals surface area contributed by atoms with Crippen molar-refractivity contribution in [3.63, 3.8) is 0 Å². The Hall–Kier alpha value is -0.930. The molecule has 0 fully saturated rings. The van der Waals surface area contributed by atoms with Gasteiger partial charge in [-0.3, -0.25) is 11.3 Å². The monoisotopic (exact) mass is 238 g/mol. The second-order valence-electron chi connectivity index (χ2n) is 5.02. The fourth-order valence-corrected chi connectivity index (χ4v) is 1.92. The van der Waals surface area contributed by atoms with Crippen LogP contribution in [0.25, 0.3) is 0 Å². The van der Waals surface area contributed by atoms with E-state index in [2.05, 4.69) is 19.3 Å². The molecular formula is C14H23FN2. The van der Waals surface area contributed by atoms with Gasteiger partial charge in [0.25, 0.3) is 0 Å². The SMILES string of the molecule is CC(C)CCCC(Cc1ccc(F)cc1)NN. The van der Waals surface area contributed by atoms with Gasteiger partial charge in [-0.1, -0.05) is 38.8 Å². The molecule has 1 atom stereocenters. The minimum Gasteiger partial charge on any atom is -0.271 e. The third-order valence-corrected chi connectivity index (χ3v) is 2.97. The topological polar surface area (TPSA) is 38.0 Å². The van der Waals surface area contributed by atoms with Crippen molar-refractivity contribution >= 4 is 0 Å². The Balaban J connectivity index is 2.38. The minimum atomic E-state index is -0.189. The summed E-state index contributed by atoms with van der Waals surface area (Å²) >= 11 is 0. The molecule has 0 bridgehead atoms. The summed E-state index contributed by atoms with van der Waals surface area (Å²) in [5.74, 6) is 6.09. The Morgan fingerprint density at radius 1 is 1.18 bits per heavy atom. The van der Waals surface area contributed by atoms with Gasteiger partial charge in [0.1, 0.15) is 5.82 Å². The number of rotatable bonds is 7. The van der Waals surface area contributed by atoms with E-state index in [1.165, 1.54) is 25.0 Å². The van der Waals surface area contributed by atoms with Gasteiger partial charge in [0.2, 0.25) is 0 Å². The molecule has 0 heterocycles. The predicted octanol–water partition coefficient (Wildman–Crippen LogP) is 3.03. The van der Waals surface area contributed by atoms with Crippen LogP contribution in [0.3, 0.4) is 0 Å². The quantitative estimate of drug-likeness (QED) is 0.566. The lowest BCUT2D eigenvalue weighted by Gasteiger charge is -2.16. The zero-order valence-corrected chi connectivity index (χ0v) is 10.7. The fraction of sp³-hybridized carbons (Fsp3) is 0.571. The molecule has 1 aromatic carbocycles. The highest BCUT2D eigenvalue weighted by molar-refractivity contribution is 5.17. The van der Waals surface area contributed by atoms with E-state index in [0.717, 1.165) is 24.3 Å². The summed E-state index contributed by atoms with van der Waals surface area (Å²) in [6.07, 6.45) is 4.32. The van der Waals surface area contributed by atoms with Crippen LogP contribution >= 0.6 is 0 Å². The van der Waals surface area contributed by atoms with Crippen LogP contribution in [0.2, 0.25) is 0 Å². The van der Waals surface area contributed by atoms with Crippen molar-refractivity contribution < 1.29 is 4.39 Å². The van der Waals surface area contributed by atoms with Crippen molar-refractivity contribution in [3.05, 3.63) is 35.6 Å². The number of hydrogen-bond acceptors (Lipinski definition) is 2. The summed E-state index contributed by atoms with van der Waals surface area (Å²) in [7, 11) is 0. The molecule has 3 N–H and O–H groups in total. The standard InChI is InChI=1S/C14H23FN2/c1-11(2)4-3-5-14(17-16)10-12-6-8-13(15)9-7-12/h6-9,11,14,17H,3-5,10,16H2,1-2H3. The molecule has 0 aromatic heterocycles. The molecule has 1 aromatic rings. The summed E-state index contributed by atoms with van der Waals surface area (Å²) in [6, 6.07) is 6.91. The predicted molar refractivity (Wildman–Crippen MR) is 69.9 cm³/mol. The summed E-state index contributed by atoms with van der Waals surface area (Å²) < 4.78 is 12.8. The average Bonchev–Trinajstić information content (AvgIpc) is 2.30. The number of benzene rings is 1. The van der Waals surface area contributed by atoms with Crippen molar-refractivity contribution in [2.75, 3.05) is 0 Å². The first-order chi connectivity index (χ1) is 8.11. The summed E-state index contributed by atoms with van der Waals surface area (Å²) in [6.45, 7) is 4.45. The van der Waals surface area contributed by atoms with E-state index < -0.39 is 0 Å².